The Morgan fingerprint density at radius 2 is 1.94 bits per heavy atom. The van der Waals surface area contributed by atoms with Crippen molar-refractivity contribution in [1.29, 1.82) is 0 Å². The van der Waals surface area contributed by atoms with Gasteiger partial charge in [-0.2, -0.15) is 13.2 Å². The van der Waals surface area contributed by atoms with Gasteiger partial charge in [0.05, 0.1) is 5.56 Å². The summed E-state index contributed by atoms with van der Waals surface area (Å²) in [6.07, 6.45) is -1.32. The highest BCUT2D eigenvalue weighted by Crippen LogP contribution is 2.52. The van der Waals surface area contributed by atoms with E-state index in [0.29, 0.717) is 6.54 Å². The molecule has 1 aliphatic rings. The molecule has 0 unspecified atom stereocenters. The van der Waals surface area contributed by atoms with Crippen molar-refractivity contribution in [2.75, 3.05) is 6.54 Å². The van der Waals surface area contributed by atoms with E-state index in [1.54, 1.807) is 13.0 Å². The van der Waals surface area contributed by atoms with Gasteiger partial charge in [0.15, 0.2) is 0 Å². The van der Waals surface area contributed by atoms with Crippen molar-refractivity contribution in [2.45, 2.75) is 37.8 Å². The van der Waals surface area contributed by atoms with Gasteiger partial charge < -0.3 is 5.73 Å². The van der Waals surface area contributed by atoms with E-state index in [9.17, 15) is 13.2 Å². The third kappa shape index (κ3) is 2.32. The molecule has 0 spiro atoms. The van der Waals surface area contributed by atoms with Crippen molar-refractivity contribution in [3.8, 4) is 0 Å². The first-order valence-electron chi connectivity index (χ1n) is 5.77. The molecule has 1 nitrogen and oxygen atoms in total. The zero-order valence-electron chi connectivity index (χ0n) is 9.77. The number of aryl methyl sites for hydroxylation is 1. The van der Waals surface area contributed by atoms with Crippen LogP contribution in [0.3, 0.4) is 0 Å². The molecule has 0 heterocycles. The molecule has 1 aliphatic carbocycles. The van der Waals surface area contributed by atoms with Gasteiger partial charge >= 0.3 is 6.18 Å². The van der Waals surface area contributed by atoms with Gasteiger partial charge in [0, 0.05) is 0 Å². The van der Waals surface area contributed by atoms with Gasteiger partial charge in [-0.15, -0.1) is 0 Å². The molecule has 0 radical (unpaired) electrons. The lowest BCUT2D eigenvalue weighted by atomic mass is 9.88. The minimum Gasteiger partial charge on any atom is -0.330 e. The monoisotopic (exact) mass is 243 g/mol. The van der Waals surface area contributed by atoms with Crippen molar-refractivity contribution in [1.82, 2.24) is 0 Å². The van der Waals surface area contributed by atoms with Gasteiger partial charge in [0.25, 0.3) is 0 Å². The number of nitrogens with two attached hydrogens (primary N) is 1. The van der Waals surface area contributed by atoms with Crippen molar-refractivity contribution >= 4 is 0 Å². The number of rotatable bonds is 3. The van der Waals surface area contributed by atoms with Crippen LogP contribution in [0.2, 0.25) is 0 Å². The fraction of sp³-hybridized carbons (Fsp3) is 0.538. The second-order valence-corrected chi connectivity index (χ2v) is 4.85. The first-order valence-corrected chi connectivity index (χ1v) is 5.77. The lowest BCUT2D eigenvalue weighted by molar-refractivity contribution is -0.137. The SMILES string of the molecule is Cc1cc(C(F)(F)F)ccc1C1(CCN)CC1. The van der Waals surface area contributed by atoms with E-state index < -0.39 is 11.7 Å². The average Bonchev–Trinajstić information content (AvgIpc) is 2.97. The van der Waals surface area contributed by atoms with Gasteiger partial charge in [-0.1, -0.05) is 6.07 Å². The van der Waals surface area contributed by atoms with E-state index in [4.69, 9.17) is 5.73 Å². The van der Waals surface area contributed by atoms with E-state index in [2.05, 4.69) is 0 Å². The van der Waals surface area contributed by atoms with E-state index >= 15 is 0 Å². The second-order valence-electron chi connectivity index (χ2n) is 4.85. The average molecular weight is 243 g/mol. The van der Waals surface area contributed by atoms with Gasteiger partial charge in [0.1, 0.15) is 0 Å². The number of benzene rings is 1. The van der Waals surface area contributed by atoms with E-state index in [0.717, 1.165) is 30.4 Å². The molecule has 1 fully saturated rings. The summed E-state index contributed by atoms with van der Waals surface area (Å²) in [6.45, 7) is 2.33. The van der Waals surface area contributed by atoms with Crippen molar-refractivity contribution in [3.63, 3.8) is 0 Å². The molecular formula is C13H16F3N. The minimum atomic E-state index is -4.26. The molecule has 2 N–H and O–H groups in total. The van der Waals surface area contributed by atoms with Crippen LogP contribution >= 0.6 is 0 Å². The molecule has 0 bridgehead atoms. The number of halogens is 3. The van der Waals surface area contributed by atoms with Crippen LogP contribution in [-0.2, 0) is 11.6 Å². The molecule has 4 heteroatoms. The second kappa shape index (κ2) is 4.02. The topological polar surface area (TPSA) is 26.0 Å². The van der Waals surface area contributed by atoms with Crippen LogP contribution in [0.4, 0.5) is 13.2 Å². The highest BCUT2D eigenvalue weighted by Gasteiger charge is 2.44. The zero-order chi connectivity index (χ0) is 12.7. The summed E-state index contributed by atoms with van der Waals surface area (Å²) in [4.78, 5) is 0. The summed E-state index contributed by atoms with van der Waals surface area (Å²) in [5.74, 6) is 0. The molecule has 2 rings (SSSR count). The summed E-state index contributed by atoms with van der Waals surface area (Å²) < 4.78 is 37.6. The Bertz CT molecular complexity index is 419. The molecule has 1 saturated carbocycles. The Labute approximate surface area is 98.8 Å². The molecule has 1 aromatic carbocycles. The van der Waals surface area contributed by atoms with Gasteiger partial charge in [-0.05, 0) is 61.4 Å². The van der Waals surface area contributed by atoms with Crippen LogP contribution < -0.4 is 5.73 Å². The maximum Gasteiger partial charge on any atom is 0.416 e. The van der Waals surface area contributed by atoms with E-state index in [1.165, 1.54) is 12.1 Å². The predicted molar refractivity (Wildman–Crippen MR) is 60.8 cm³/mol. The highest BCUT2D eigenvalue weighted by atomic mass is 19.4. The van der Waals surface area contributed by atoms with Gasteiger partial charge in [0.2, 0.25) is 0 Å². The third-order valence-electron chi connectivity index (χ3n) is 3.60. The quantitative estimate of drug-likeness (QED) is 0.865. The summed E-state index contributed by atoms with van der Waals surface area (Å²) in [5.41, 5.74) is 6.82. The van der Waals surface area contributed by atoms with Crippen LogP contribution in [0.25, 0.3) is 0 Å². The molecule has 0 aliphatic heterocycles. The molecule has 1 aromatic rings. The Kier molecular flexibility index (Phi) is 2.94. The normalized spacial score (nSPS) is 18.2. The Morgan fingerprint density at radius 3 is 2.35 bits per heavy atom. The molecule has 94 valence electrons. The van der Waals surface area contributed by atoms with Crippen LogP contribution in [0.1, 0.15) is 36.0 Å². The van der Waals surface area contributed by atoms with Gasteiger partial charge in [-0.25, -0.2) is 0 Å². The van der Waals surface area contributed by atoms with E-state index in [1.807, 2.05) is 0 Å². The Morgan fingerprint density at radius 1 is 1.29 bits per heavy atom. The van der Waals surface area contributed by atoms with Crippen molar-refractivity contribution in [2.24, 2.45) is 5.73 Å². The zero-order valence-corrected chi connectivity index (χ0v) is 9.77. The number of hydrogen-bond acceptors (Lipinski definition) is 1. The number of alkyl halides is 3. The minimum absolute atomic E-state index is 0.0585. The molecule has 0 atom stereocenters. The van der Waals surface area contributed by atoms with Crippen LogP contribution in [0, 0.1) is 6.92 Å². The van der Waals surface area contributed by atoms with Crippen LogP contribution in [-0.4, -0.2) is 6.54 Å². The fourth-order valence-corrected chi connectivity index (χ4v) is 2.52. The van der Waals surface area contributed by atoms with E-state index in [-0.39, 0.29) is 5.41 Å². The number of hydrogen-bond donors (Lipinski definition) is 1. The fourth-order valence-electron chi connectivity index (χ4n) is 2.52. The van der Waals surface area contributed by atoms with Gasteiger partial charge in [-0.3, -0.25) is 0 Å². The molecule has 0 aromatic heterocycles. The smallest absolute Gasteiger partial charge is 0.330 e. The standard InChI is InChI=1S/C13H16F3N/c1-9-8-10(13(14,15)16)2-3-11(9)12(4-5-12)6-7-17/h2-3,8H,4-7,17H2,1H3. The lowest BCUT2D eigenvalue weighted by Crippen LogP contribution is -2.15. The summed E-state index contributed by atoms with van der Waals surface area (Å²) in [5, 5.41) is 0. The van der Waals surface area contributed by atoms with Crippen LogP contribution in [0.5, 0.6) is 0 Å². The first-order chi connectivity index (χ1) is 7.89. The van der Waals surface area contributed by atoms with Crippen molar-refractivity contribution in [3.05, 3.63) is 34.9 Å². The Hall–Kier alpha value is -1.03. The predicted octanol–water partition coefficient (Wildman–Crippen LogP) is 3.39. The summed E-state index contributed by atoms with van der Waals surface area (Å²) in [6, 6.07) is 4.05. The Balaban J connectivity index is 2.33. The molecule has 0 amide bonds. The third-order valence-corrected chi connectivity index (χ3v) is 3.60. The highest BCUT2D eigenvalue weighted by molar-refractivity contribution is 5.41. The lowest BCUT2D eigenvalue weighted by Gasteiger charge is -2.18. The van der Waals surface area contributed by atoms with Crippen LogP contribution in [0.15, 0.2) is 18.2 Å². The maximum atomic E-state index is 12.5. The maximum absolute atomic E-state index is 12.5. The summed E-state index contributed by atoms with van der Waals surface area (Å²) >= 11 is 0. The first kappa shape index (κ1) is 12.4. The van der Waals surface area contributed by atoms with Crippen molar-refractivity contribution < 1.29 is 13.2 Å². The molecular weight excluding hydrogens is 227 g/mol. The molecule has 17 heavy (non-hydrogen) atoms. The largest absolute Gasteiger partial charge is 0.416 e. The molecule has 0 saturated heterocycles. The summed E-state index contributed by atoms with van der Waals surface area (Å²) in [7, 11) is 0.